The lowest BCUT2D eigenvalue weighted by atomic mass is 10.1. The lowest BCUT2D eigenvalue weighted by Crippen LogP contribution is -2.20. The van der Waals surface area contributed by atoms with Crippen LogP contribution in [0.4, 0.5) is 5.69 Å². The Bertz CT molecular complexity index is 1400. The Kier molecular flexibility index (Phi) is 4.25. The number of benzene rings is 2. The molecule has 8 heteroatoms. The molecule has 0 unspecified atom stereocenters. The molecule has 1 aliphatic rings. The van der Waals surface area contributed by atoms with Crippen LogP contribution < -0.4 is 5.56 Å². The third kappa shape index (κ3) is 3.09. The van der Waals surface area contributed by atoms with Crippen LogP contribution in [0.1, 0.15) is 18.0 Å². The maximum Gasteiger partial charge on any atom is 0.269 e. The predicted molar refractivity (Wildman–Crippen MR) is 114 cm³/mol. The average molecular weight is 420 g/mol. The Morgan fingerprint density at radius 2 is 1.93 bits per heavy atom. The quantitative estimate of drug-likeness (QED) is 0.338. The maximum atomic E-state index is 12.8. The van der Waals surface area contributed by atoms with Gasteiger partial charge in [-0.2, -0.15) is 0 Å². The SMILES string of the molecule is O=c1c2ccc(Cl)cc2nc2n1CC/C2=C\c1ccc(-c2ccc([N+](=O)[O-])cc2)o1. The molecular formula is C22H14ClN3O4. The highest BCUT2D eigenvalue weighted by Gasteiger charge is 2.21. The van der Waals surface area contributed by atoms with Gasteiger partial charge in [-0.05, 0) is 55.0 Å². The molecule has 2 aromatic carbocycles. The van der Waals surface area contributed by atoms with E-state index in [1.807, 2.05) is 18.2 Å². The minimum absolute atomic E-state index is 0.0269. The number of rotatable bonds is 3. The van der Waals surface area contributed by atoms with Crippen molar-refractivity contribution in [3.05, 3.63) is 91.7 Å². The number of furan rings is 1. The fourth-order valence-electron chi connectivity index (χ4n) is 3.63. The van der Waals surface area contributed by atoms with Crippen LogP contribution in [-0.2, 0) is 6.54 Å². The fourth-order valence-corrected chi connectivity index (χ4v) is 3.80. The van der Waals surface area contributed by atoms with E-state index >= 15 is 0 Å². The standard InChI is InChI=1S/C22H14ClN3O4/c23-15-3-7-18-19(12-15)24-21-14(9-10-25(21)22(18)27)11-17-6-8-20(30-17)13-1-4-16(5-2-13)26(28)29/h1-8,11-12H,9-10H2/b14-11+. The molecule has 2 aromatic heterocycles. The number of hydrogen-bond donors (Lipinski definition) is 0. The topological polar surface area (TPSA) is 91.2 Å². The van der Waals surface area contributed by atoms with Crippen molar-refractivity contribution >= 4 is 39.8 Å². The van der Waals surface area contributed by atoms with Gasteiger partial charge in [-0.15, -0.1) is 0 Å². The van der Waals surface area contributed by atoms with E-state index in [9.17, 15) is 14.9 Å². The van der Waals surface area contributed by atoms with Crippen LogP contribution in [0, 0.1) is 10.1 Å². The summed E-state index contributed by atoms with van der Waals surface area (Å²) in [6, 6.07) is 14.9. The zero-order chi connectivity index (χ0) is 20.8. The maximum absolute atomic E-state index is 12.8. The van der Waals surface area contributed by atoms with Crippen molar-refractivity contribution in [1.29, 1.82) is 0 Å². The Labute approximate surface area is 175 Å². The van der Waals surface area contributed by atoms with Crippen molar-refractivity contribution in [3.63, 3.8) is 0 Å². The van der Waals surface area contributed by atoms with E-state index in [2.05, 4.69) is 4.98 Å². The van der Waals surface area contributed by atoms with Crippen LogP contribution >= 0.6 is 11.6 Å². The van der Waals surface area contributed by atoms with E-state index in [-0.39, 0.29) is 11.2 Å². The van der Waals surface area contributed by atoms with Crippen LogP contribution in [0.15, 0.2) is 63.8 Å². The highest BCUT2D eigenvalue weighted by atomic mass is 35.5. The van der Waals surface area contributed by atoms with E-state index in [1.54, 1.807) is 34.9 Å². The molecule has 0 amide bonds. The molecule has 5 rings (SSSR count). The van der Waals surface area contributed by atoms with Crippen LogP contribution in [0.5, 0.6) is 0 Å². The molecule has 0 radical (unpaired) electrons. The zero-order valence-corrected chi connectivity index (χ0v) is 16.3. The molecule has 0 saturated heterocycles. The second-order valence-corrected chi connectivity index (χ2v) is 7.42. The molecule has 0 fully saturated rings. The molecule has 0 atom stereocenters. The van der Waals surface area contributed by atoms with Crippen molar-refractivity contribution in [2.24, 2.45) is 0 Å². The number of nitro benzene ring substituents is 1. The first-order chi connectivity index (χ1) is 14.5. The summed E-state index contributed by atoms with van der Waals surface area (Å²) in [5, 5.41) is 11.9. The van der Waals surface area contributed by atoms with Crippen molar-refractivity contribution in [3.8, 4) is 11.3 Å². The first-order valence-electron chi connectivity index (χ1n) is 9.25. The predicted octanol–water partition coefficient (Wildman–Crippen LogP) is 5.16. The van der Waals surface area contributed by atoms with Gasteiger partial charge in [0.25, 0.3) is 11.2 Å². The second-order valence-electron chi connectivity index (χ2n) is 6.98. The molecular weight excluding hydrogens is 406 g/mol. The molecule has 3 heterocycles. The number of nitrogens with zero attached hydrogens (tertiary/aromatic N) is 3. The molecule has 0 aliphatic carbocycles. The summed E-state index contributed by atoms with van der Waals surface area (Å²) in [6.45, 7) is 0.557. The van der Waals surface area contributed by atoms with Crippen molar-refractivity contribution in [2.45, 2.75) is 13.0 Å². The van der Waals surface area contributed by atoms with Gasteiger partial charge in [-0.25, -0.2) is 4.98 Å². The molecule has 0 bridgehead atoms. The van der Waals surface area contributed by atoms with Gasteiger partial charge < -0.3 is 4.42 Å². The summed E-state index contributed by atoms with van der Waals surface area (Å²) in [5.74, 6) is 1.83. The Morgan fingerprint density at radius 3 is 2.70 bits per heavy atom. The summed E-state index contributed by atoms with van der Waals surface area (Å²) < 4.78 is 7.57. The number of hydrogen-bond acceptors (Lipinski definition) is 5. The van der Waals surface area contributed by atoms with Crippen molar-refractivity contribution < 1.29 is 9.34 Å². The van der Waals surface area contributed by atoms with Gasteiger partial charge in [-0.1, -0.05) is 11.6 Å². The Balaban J connectivity index is 1.51. The zero-order valence-electron chi connectivity index (χ0n) is 15.5. The van der Waals surface area contributed by atoms with E-state index < -0.39 is 4.92 Å². The van der Waals surface area contributed by atoms with Crippen LogP contribution in [0.3, 0.4) is 0 Å². The number of nitro groups is 1. The summed E-state index contributed by atoms with van der Waals surface area (Å²) in [6.07, 6.45) is 2.54. The molecule has 0 saturated carbocycles. The van der Waals surface area contributed by atoms with E-state index in [4.69, 9.17) is 16.0 Å². The molecule has 148 valence electrons. The summed E-state index contributed by atoms with van der Waals surface area (Å²) in [4.78, 5) is 27.8. The van der Waals surface area contributed by atoms with Crippen molar-refractivity contribution in [1.82, 2.24) is 9.55 Å². The molecule has 4 aromatic rings. The van der Waals surface area contributed by atoms with Gasteiger partial charge in [-0.3, -0.25) is 19.5 Å². The first kappa shape index (κ1) is 18.3. The van der Waals surface area contributed by atoms with Gasteiger partial charge >= 0.3 is 0 Å². The van der Waals surface area contributed by atoms with E-state index in [0.29, 0.717) is 46.2 Å². The largest absolute Gasteiger partial charge is 0.457 e. The molecule has 30 heavy (non-hydrogen) atoms. The summed E-state index contributed by atoms with van der Waals surface area (Å²) in [5.41, 5.74) is 2.16. The summed E-state index contributed by atoms with van der Waals surface area (Å²) in [7, 11) is 0. The number of halogens is 1. The highest BCUT2D eigenvalue weighted by Crippen LogP contribution is 2.30. The van der Waals surface area contributed by atoms with E-state index in [1.165, 1.54) is 12.1 Å². The van der Waals surface area contributed by atoms with Gasteiger partial charge in [0.1, 0.15) is 17.3 Å². The number of aromatic nitrogens is 2. The van der Waals surface area contributed by atoms with Crippen LogP contribution in [0.2, 0.25) is 5.02 Å². The van der Waals surface area contributed by atoms with Crippen LogP contribution in [-0.4, -0.2) is 14.5 Å². The summed E-state index contributed by atoms with van der Waals surface area (Å²) >= 11 is 6.06. The molecule has 7 nitrogen and oxygen atoms in total. The first-order valence-corrected chi connectivity index (χ1v) is 9.63. The highest BCUT2D eigenvalue weighted by molar-refractivity contribution is 6.31. The fraction of sp³-hybridized carbons (Fsp3) is 0.0909. The van der Waals surface area contributed by atoms with Gasteiger partial charge in [0.05, 0.1) is 15.8 Å². The van der Waals surface area contributed by atoms with Crippen molar-refractivity contribution in [2.75, 3.05) is 0 Å². The lowest BCUT2D eigenvalue weighted by molar-refractivity contribution is -0.384. The monoisotopic (exact) mass is 419 g/mol. The minimum Gasteiger partial charge on any atom is -0.457 e. The number of fused-ring (bicyclic) bond motifs is 2. The molecule has 0 spiro atoms. The van der Waals surface area contributed by atoms with Gasteiger partial charge in [0.15, 0.2) is 0 Å². The Morgan fingerprint density at radius 1 is 1.13 bits per heavy atom. The van der Waals surface area contributed by atoms with Gasteiger partial charge in [0.2, 0.25) is 0 Å². The minimum atomic E-state index is -0.439. The number of non-ortho nitro benzene ring substituents is 1. The third-order valence-electron chi connectivity index (χ3n) is 5.12. The molecule has 0 N–H and O–H groups in total. The third-order valence-corrected chi connectivity index (χ3v) is 5.35. The van der Waals surface area contributed by atoms with Gasteiger partial charge in [0, 0.05) is 34.8 Å². The lowest BCUT2D eigenvalue weighted by Gasteiger charge is -2.05. The second kappa shape index (κ2) is 6.96. The number of allylic oxidation sites excluding steroid dienone is 1. The Hall–Kier alpha value is -3.71. The smallest absolute Gasteiger partial charge is 0.269 e. The van der Waals surface area contributed by atoms with Crippen LogP contribution in [0.25, 0.3) is 33.9 Å². The molecule has 1 aliphatic heterocycles. The average Bonchev–Trinajstić information content (AvgIpc) is 3.36. The normalized spacial score (nSPS) is 14.4. The van der Waals surface area contributed by atoms with E-state index in [0.717, 1.165) is 11.1 Å².